The van der Waals surface area contributed by atoms with Crippen LogP contribution in [0.15, 0.2) is 41.1 Å². The fourth-order valence-corrected chi connectivity index (χ4v) is 2.49. The topological polar surface area (TPSA) is 77.8 Å². The van der Waals surface area contributed by atoms with Crippen LogP contribution in [-0.4, -0.2) is 21.7 Å². The molecule has 2 aromatic heterocycles. The number of nitrogens with zero attached hydrogens (tertiary/aromatic N) is 3. The summed E-state index contributed by atoms with van der Waals surface area (Å²) in [6.45, 7) is 0.553. The van der Waals surface area contributed by atoms with Gasteiger partial charge in [0, 0.05) is 18.1 Å². The molecule has 1 saturated carbocycles. The largest absolute Gasteiger partial charge is 0.338 e. The fraction of sp³-hybridized carbons (Fsp3) is 0.267. The van der Waals surface area contributed by atoms with Crippen LogP contribution in [0.5, 0.6) is 0 Å². The number of rotatable bonds is 3. The maximum absolute atomic E-state index is 5.80. The average Bonchev–Trinajstić information content (AvgIpc) is 3.16. The molecule has 5 nitrogen and oxygen atoms in total. The molecule has 3 aromatic rings. The van der Waals surface area contributed by atoms with Crippen molar-refractivity contribution in [2.75, 3.05) is 6.54 Å². The Kier molecular flexibility index (Phi) is 2.37. The van der Waals surface area contributed by atoms with Crippen molar-refractivity contribution in [3.05, 3.63) is 42.4 Å². The van der Waals surface area contributed by atoms with Crippen molar-refractivity contribution in [1.29, 1.82) is 0 Å². The zero-order chi connectivity index (χ0) is 13.6. The Morgan fingerprint density at radius 1 is 1.20 bits per heavy atom. The molecule has 0 bridgehead atoms. The third kappa shape index (κ3) is 1.63. The first kappa shape index (κ1) is 11.5. The summed E-state index contributed by atoms with van der Waals surface area (Å²) in [7, 11) is 0. The van der Waals surface area contributed by atoms with Gasteiger partial charge in [0.2, 0.25) is 11.7 Å². The molecule has 0 radical (unpaired) electrons. The van der Waals surface area contributed by atoms with Crippen molar-refractivity contribution in [1.82, 2.24) is 15.1 Å². The zero-order valence-corrected chi connectivity index (χ0v) is 10.9. The van der Waals surface area contributed by atoms with Gasteiger partial charge in [-0.2, -0.15) is 4.98 Å². The van der Waals surface area contributed by atoms with Gasteiger partial charge in [0.15, 0.2) is 0 Å². The number of aromatic nitrogens is 3. The lowest BCUT2D eigenvalue weighted by molar-refractivity contribution is 0.347. The highest BCUT2D eigenvalue weighted by Crippen LogP contribution is 2.46. The van der Waals surface area contributed by atoms with Gasteiger partial charge in [-0.05, 0) is 24.3 Å². The Balaban J connectivity index is 1.84. The van der Waals surface area contributed by atoms with E-state index in [1.165, 1.54) is 0 Å². The summed E-state index contributed by atoms with van der Waals surface area (Å²) in [5.74, 6) is 1.18. The molecule has 0 spiro atoms. The van der Waals surface area contributed by atoms with Crippen molar-refractivity contribution in [2.24, 2.45) is 5.73 Å². The third-order valence-electron chi connectivity index (χ3n) is 4.01. The summed E-state index contributed by atoms with van der Waals surface area (Å²) >= 11 is 0. The summed E-state index contributed by atoms with van der Waals surface area (Å²) in [6, 6.07) is 10.0. The summed E-state index contributed by atoms with van der Waals surface area (Å²) in [5, 5.41) is 6.23. The molecule has 4 rings (SSSR count). The molecule has 2 heterocycles. The van der Waals surface area contributed by atoms with E-state index >= 15 is 0 Å². The van der Waals surface area contributed by atoms with Crippen LogP contribution in [0.2, 0.25) is 0 Å². The second-order valence-electron chi connectivity index (χ2n) is 5.29. The summed E-state index contributed by atoms with van der Waals surface area (Å²) in [6.07, 6.45) is 3.81. The minimum atomic E-state index is -0.0875. The van der Waals surface area contributed by atoms with Gasteiger partial charge in [0.1, 0.15) is 5.69 Å². The van der Waals surface area contributed by atoms with E-state index in [4.69, 9.17) is 10.3 Å². The minimum absolute atomic E-state index is 0.0875. The molecule has 20 heavy (non-hydrogen) atoms. The molecule has 5 heteroatoms. The van der Waals surface area contributed by atoms with Crippen LogP contribution in [-0.2, 0) is 5.41 Å². The lowest BCUT2D eigenvalue weighted by atomic mass is 10.1. The zero-order valence-electron chi connectivity index (χ0n) is 10.9. The van der Waals surface area contributed by atoms with Crippen molar-refractivity contribution < 1.29 is 4.52 Å². The lowest BCUT2D eigenvalue weighted by Gasteiger charge is -2.03. The van der Waals surface area contributed by atoms with E-state index in [9.17, 15) is 0 Å². The Morgan fingerprint density at radius 2 is 2.05 bits per heavy atom. The Labute approximate surface area is 115 Å². The van der Waals surface area contributed by atoms with Gasteiger partial charge in [0.05, 0.1) is 5.41 Å². The molecule has 1 aromatic carbocycles. The van der Waals surface area contributed by atoms with Crippen LogP contribution in [0.3, 0.4) is 0 Å². The second-order valence-corrected chi connectivity index (χ2v) is 5.29. The van der Waals surface area contributed by atoms with Crippen molar-refractivity contribution in [2.45, 2.75) is 18.3 Å². The highest BCUT2D eigenvalue weighted by Gasteiger charge is 2.48. The van der Waals surface area contributed by atoms with Gasteiger partial charge in [-0.25, -0.2) is 0 Å². The third-order valence-corrected chi connectivity index (χ3v) is 4.01. The number of benzene rings is 1. The van der Waals surface area contributed by atoms with Crippen LogP contribution in [0.25, 0.3) is 22.3 Å². The fourth-order valence-electron chi connectivity index (χ4n) is 2.49. The first-order valence-corrected chi connectivity index (χ1v) is 6.71. The van der Waals surface area contributed by atoms with Crippen LogP contribution in [0.1, 0.15) is 18.7 Å². The van der Waals surface area contributed by atoms with Gasteiger partial charge in [-0.3, -0.25) is 4.98 Å². The average molecular weight is 266 g/mol. The van der Waals surface area contributed by atoms with E-state index in [0.717, 1.165) is 29.3 Å². The SMILES string of the molecule is NCC1(c2nc(-c3nccc4ccccc34)no2)CC1. The number of hydrogen-bond donors (Lipinski definition) is 1. The van der Waals surface area contributed by atoms with Crippen LogP contribution in [0, 0.1) is 0 Å². The highest BCUT2D eigenvalue weighted by atomic mass is 16.5. The van der Waals surface area contributed by atoms with Crippen LogP contribution in [0.4, 0.5) is 0 Å². The molecule has 1 aliphatic carbocycles. The number of hydrogen-bond acceptors (Lipinski definition) is 5. The molecular formula is C15H14N4O. The predicted molar refractivity (Wildman–Crippen MR) is 75.0 cm³/mol. The first-order chi connectivity index (χ1) is 9.82. The predicted octanol–water partition coefficient (Wildman–Crippen LogP) is 2.28. The molecule has 0 atom stereocenters. The van der Waals surface area contributed by atoms with Crippen molar-refractivity contribution in [3.63, 3.8) is 0 Å². The molecule has 0 unspecified atom stereocenters. The van der Waals surface area contributed by atoms with Crippen molar-refractivity contribution in [3.8, 4) is 11.5 Å². The lowest BCUT2D eigenvalue weighted by Crippen LogP contribution is -2.19. The number of nitrogens with two attached hydrogens (primary N) is 1. The van der Waals surface area contributed by atoms with Gasteiger partial charge in [-0.15, -0.1) is 0 Å². The summed E-state index contributed by atoms with van der Waals surface area (Å²) in [5.41, 5.74) is 6.46. The first-order valence-electron chi connectivity index (χ1n) is 6.71. The van der Waals surface area contributed by atoms with E-state index in [1.807, 2.05) is 30.3 Å². The maximum Gasteiger partial charge on any atom is 0.234 e. The van der Waals surface area contributed by atoms with E-state index in [0.29, 0.717) is 18.3 Å². The normalized spacial score (nSPS) is 16.4. The monoisotopic (exact) mass is 266 g/mol. The second kappa shape index (κ2) is 4.11. The quantitative estimate of drug-likeness (QED) is 0.786. The summed E-state index contributed by atoms with van der Waals surface area (Å²) < 4.78 is 5.41. The molecule has 1 aliphatic rings. The van der Waals surface area contributed by atoms with Gasteiger partial charge in [-0.1, -0.05) is 29.4 Å². The smallest absolute Gasteiger partial charge is 0.234 e. The van der Waals surface area contributed by atoms with E-state index in [1.54, 1.807) is 6.20 Å². The number of fused-ring (bicyclic) bond motifs is 1. The van der Waals surface area contributed by atoms with E-state index in [-0.39, 0.29) is 5.41 Å². The molecule has 0 amide bonds. The maximum atomic E-state index is 5.80. The molecular weight excluding hydrogens is 252 g/mol. The Morgan fingerprint density at radius 3 is 2.85 bits per heavy atom. The van der Waals surface area contributed by atoms with Crippen LogP contribution >= 0.6 is 0 Å². The van der Waals surface area contributed by atoms with Gasteiger partial charge in [0.25, 0.3) is 0 Å². The molecule has 0 aliphatic heterocycles. The Hall–Kier alpha value is -2.27. The minimum Gasteiger partial charge on any atom is -0.338 e. The highest BCUT2D eigenvalue weighted by molar-refractivity contribution is 5.92. The molecule has 100 valence electrons. The van der Waals surface area contributed by atoms with Gasteiger partial charge < -0.3 is 10.3 Å². The van der Waals surface area contributed by atoms with Crippen molar-refractivity contribution >= 4 is 10.8 Å². The number of pyridine rings is 1. The molecule has 2 N–H and O–H groups in total. The van der Waals surface area contributed by atoms with E-state index in [2.05, 4.69) is 15.1 Å². The summed E-state index contributed by atoms with van der Waals surface area (Å²) in [4.78, 5) is 8.92. The molecule has 1 fully saturated rings. The standard InChI is InChI=1S/C15H14N4O/c16-9-15(6-7-15)14-18-13(19-20-14)12-11-4-2-1-3-10(11)5-8-17-12/h1-5,8H,6-7,9,16H2. The van der Waals surface area contributed by atoms with Crippen LogP contribution < -0.4 is 5.73 Å². The van der Waals surface area contributed by atoms with E-state index < -0.39 is 0 Å². The molecule has 0 saturated heterocycles. The Bertz CT molecular complexity index is 771. The van der Waals surface area contributed by atoms with Gasteiger partial charge >= 0.3 is 0 Å².